The summed E-state index contributed by atoms with van der Waals surface area (Å²) in [6.45, 7) is 8.76. The molecule has 0 radical (unpaired) electrons. The lowest BCUT2D eigenvalue weighted by Crippen LogP contribution is -2.36. The van der Waals surface area contributed by atoms with E-state index in [2.05, 4.69) is 32.7 Å². The van der Waals surface area contributed by atoms with Crippen molar-refractivity contribution in [1.29, 1.82) is 0 Å². The summed E-state index contributed by atoms with van der Waals surface area (Å²) in [4.78, 5) is 2.30. The van der Waals surface area contributed by atoms with Gasteiger partial charge in [0.05, 0.1) is 0 Å². The maximum atomic E-state index is 5.81. The summed E-state index contributed by atoms with van der Waals surface area (Å²) in [6.07, 6.45) is 1.07. The molecule has 2 nitrogen and oxygen atoms in total. The summed E-state index contributed by atoms with van der Waals surface area (Å²) < 4.78 is 0. The standard InChI is InChI=1S/C9H22N2/c1-5-9(10)7-11(4)6-8(2)3/h8-9H,5-7,10H2,1-4H3. The zero-order chi connectivity index (χ0) is 8.85. The molecule has 0 aromatic rings. The molecule has 0 aliphatic rings. The van der Waals surface area contributed by atoms with Gasteiger partial charge in [-0.15, -0.1) is 0 Å². The Morgan fingerprint density at radius 2 is 1.82 bits per heavy atom. The molecule has 68 valence electrons. The number of hydrogen-bond acceptors (Lipinski definition) is 2. The van der Waals surface area contributed by atoms with Crippen LogP contribution in [0.3, 0.4) is 0 Å². The molecule has 0 rings (SSSR count). The molecule has 1 atom stereocenters. The Kier molecular flexibility index (Phi) is 5.51. The van der Waals surface area contributed by atoms with Crippen LogP contribution in [0.2, 0.25) is 0 Å². The molecule has 11 heavy (non-hydrogen) atoms. The highest BCUT2D eigenvalue weighted by Crippen LogP contribution is 1.97. The van der Waals surface area contributed by atoms with Crippen LogP contribution < -0.4 is 5.73 Å². The summed E-state index contributed by atoms with van der Waals surface area (Å²) in [5, 5.41) is 0. The predicted octanol–water partition coefficient (Wildman–Crippen LogP) is 1.31. The minimum absolute atomic E-state index is 0.346. The van der Waals surface area contributed by atoms with E-state index in [1.54, 1.807) is 0 Å². The van der Waals surface area contributed by atoms with E-state index < -0.39 is 0 Å². The Morgan fingerprint density at radius 3 is 2.18 bits per heavy atom. The second-order valence-corrected chi connectivity index (χ2v) is 3.78. The van der Waals surface area contributed by atoms with Gasteiger partial charge in [-0.2, -0.15) is 0 Å². The molecule has 2 N–H and O–H groups in total. The molecule has 0 bridgehead atoms. The van der Waals surface area contributed by atoms with E-state index in [4.69, 9.17) is 5.73 Å². The monoisotopic (exact) mass is 158 g/mol. The number of nitrogens with zero attached hydrogens (tertiary/aromatic N) is 1. The Balaban J connectivity index is 3.43. The molecule has 0 saturated carbocycles. The number of hydrogen-bond donors (Lipinski definition) is 1. The van der Waals surface area contributed by atoms with Gasteiger partial charge in [-0.25, -0.2) is 0 Å². The van der Waals surface area contributed by atoms with Gasteiger partial charge in [0, 0.05) is 19.1 Å². The van der Waals surface area contributed by atoms with E-state index >= 15 is 0 Å². The third-order valence-corrected chi connectivity index (χ3v) is 1.75. The molecule has 0 spiro atoms. The highest BCUT2D eigenvalue weighted by Gasteiger charge is 2.05. The molecular weight excluding hydrogens is 136 g/mol. The fourth-order valence-electron chi connectivity index (χ4n) is 1.23. The van der Waals surface area contributed by atoms with Gasteiger partial charge >= 0.3 is 0 Å². The summed E-state index contributed by atoms with van der Waals surface area (Å²) >= 11 is 0. The molecule has 2 heteroatoms. The van der Waals surface area contributed by atoms with Gasteiger partial charge in [0.15, 0.2) is 0 Å². The maximum absolute atomic E-state index is 5.81. The second-order valence-electron chi connectivity index (χ2n) is 3.78. The first-order valence-corrected chi connectivity index (χ1v) is 4.50. The number of rotatable bonds is 5. The lowest BCUT2D eigenvalue weighted by Gasteiger charge is -2.21. The van der Waals surface area contributed by atoms with Gasteiger partial charge in [-0.3, -0.25) is 0 Å². The van der Waals surface area contributed by atoms with Crippen molar-refractivity contribution in [2.45, 2.75) is 33.2 Å². The highest BCUT2D eigenvalue weighted by molar-refractivity contribution is 4.64. The van der Waals surface area contributed by atoms with Crippen molar-refractivity contribution >= 4 is 0 Å². The molecule has 0 aromatic heterocycles. The van der Waals surface area contributed by atoms with E-state index in [-0.39, 0.29) is 0 Å². The lowest BCUT2D eigenvalue weighted by atomic mass is 10.2. The molecule has 0 fully saturated rings. The summed E-state index contributed by atoms with van der Waals surface area (Å²) in [5.41, 5.74) is 5.81. The largest absolute Gasteiger partial charge is 0.327 e. The van der Waals surface area contributed by atoms with E-state index in [1.165, 1.54) is 0 Å². The second kappa shape index (κ2) is 5.56. The third-order valence-electron chi connectivity index (χ3n) is 1.75. The maximum Gasteiger partial charge on any atom is 0.0165 e. The van der Waals surface area contributed by atoms with Crippen LogP contribution in [0.25, 0.3) is 0 Å². The van der Waals surface area contributed by atoms with Crippen LogP contribution in [0.4, 0.5) is 0 Å². The summed E-state index contributed by atoms with van der Waals surface area (Å²) in [6, 6.07) is 0.346. The van der Waals surface area contributed by atoms with Crippen LogP contribution in [0.5, 0.6) is 0 Å². The fraction of sp³-hybridized carbons (Fsp3) is 1.00. The zero-order valence-electron chi connectivity index (χ0n) is 8.30. The SMILES string of the molecule is CCC(N)CN(C)CC(C)C. The quantitative estimate of drug-likeness (QED) is 0.653. The normalized spacial score (nSPS) is 14.5. The van der Waals surface area contributed by atoms with Crippen molar-refractivity contribution in [2.75, 3.05) is 20.1 Å². The van der Waals surface area contributed by atoms with Crippen LogP contribution in [0, 0.1) is 5.92 Å². The Hall–Kier alpha value is -0.0800. The Morgan fingerprint density at radius 1 is 1.27 bits per heavy atom. The molecule has 0 amide bonds. The van der Waals surface area contributed by atoms with E-state index in [1.807, 2.05) is 0 Å². The molecule has 0 aliphatic carbocycles. The van der Waals surface area contributed by atoms with Gasteiger partial charge in [0.25, 0.3) is 0 Å². The van der Waals surface area contributed by atoms with Crippen molar-refractivity contribution in [3.05, 3.63) is 0 Å². The van der Waals surface area contributed by atoms with Crippen LogP contribution in [0.15, 0.2) is 0 Å². The first kappa shape index (κ1) is 10.9. The van der Waals surface area contributed by atoms with Crippen molar-refractivity contribution in [3.8, 4) is 0 Å². The van der Waals surface area contributed by atoms with Gasteiger partial charge in [0.2, 0.25) is 0 Å². The fourth-order valence-corrected chi connectivity index (χ4v) is 1.23. The molecular formula is C9H22N2. The molecule has 1 unspecified atom stereocenters. The Bertz CT molecular complexity index is 91.6. The van der Waals surface area contributed by atoms with Gasteiger partial charge < -0.3 is 10.6 Å². The molecule has 0 aliphatic heterocycles. The first-order chi connectivity index (χ1) is 5.06. The topological polar surface area (TPSA) is 29.3 Å². The van der Waals surface area contributed by atoms with Gasteiger partial charge in [-0.1, -0.05) is 20.8 Å². The van der Waals surface area contributed by atoms with E-state index in [0.717, 1.165) is 25.4 Å². The minimum atomic E-state index is 0.346. The molecule has 0 aromatic carbocycles. The lowest BCUT2D eigenvalue weighted by molar-refractivity contribution is 0.275. The number of likely N-dealkylation sites (N-methyl/N-ethyl adjacent to an activating group) is 1. The van der Waals surface area contributed by atoms with E-state index in [9.17, 15) is 0 Å². The molecule has 0 saturated heterocycles. The minimum Gasteiger partial charge on any atom is -0.327 e. The van der Waals surface area contributed by atoms with Crippen molar-refractivity contribution in [2.24, 2.45) is 11.7 Å². The van der Waals surface area contributed by atoms with Crippen molar-refractivity contribution in [1.82, 2.24) is 4.90 Å². The van der Waals surface area contributed by atoms with E-state index in [0.29, 0.717) is 6.04 Å². The number of nitrogens with two attached hydrogens (primary N) is 1. The van der Waals surface area contributed by atoms with Crippen LogP contribution in [0.1, 0.15) is 27.2 Å². The van der Waals surface area contributed by atoms with Gasteiger partial charge in [0.1, 0.15) is 0 Å². The average Bonchev–Trinajstić information content (AvgIpc) is 1.85. The summed E-state index contributed by atoms with van der Waals surface area (Å²) in [5.74, 6) is 0.740. The van der Waals surface area contributed by atoms with Crippen molar-refractivity contribution < 1.29 is 0 Å². The first-order valence-electron chi connectivity index (χ1n) is 4.50. The van der Waals surface area contributed by atoms with Crippen molar-refractivity contribution in [3.63, 3.8) is 0 Å². The Labute approximate surface area is 70.8 Å². The van der Waals surface area contributed by atoms with Crippen LogP contribution >= 0.6 is 0 Å². The van der Waals surface area contributed by atoms with Crippen LogP contribution in [-0.4, -0.2) is 31.1 Å². The van der Waals surface area contributed by atoms with Gasteiger partial charge in [-0.05, 0) is 19.4 Å². The summed E-state index contributed by atoms with van der Waals surface area (Å²) in [7, 11) is 2.13. The average molecular weight is 158 g/mol. The third kappa shape index (κ3) is 6.32. The smallest absolute Gasteiger partial charge is 0.0165 e. The predicted molar refractivity (Wildman–Crippen MR) is 50.6 cm³/mol. The zero-order valence-corrected chi connectivity index (χ0v) is 8.30. The molecule has 0 heterocycles. The van der Waals surface area contributed by atoms with Crippen LogP contribution in [-0.2, 0) is 0 Å². The highest BCUT2D eigenvalue weighted by atomic mass is 15.1.